The van der Waals surface area contributed by atoms with Crippen LogP contribution >= 0.6 is 0 Å². The van der Waals surface area contributed by atoms with Crippen LogP contribution in [0.4, 0.5) is 5.69 Å². The summed E-state index contributed by atoms with van der Waals surface area (Å²) in [6.07, 6.45) is 11.4. The maximum atomic E-state index is 13.6. The van der Waals surface area contributed by atoms with Crippen molar-refractivity contribution < 1.29 is 4.79 Å². The van der Waals surface area contributed by atoms with Crippen LogP contribution in [0.25, 0.3) is 11.1 Å². The van der Waals surface area contributed by atoms with E-state index in [1.165, 1.54) is 32.1 Å². The Bertz CT molecular complexity index is 1050. The third-order valence-electron chi connectivity index (χ3n) is 7.86. The van der Waals surface area contributed by atoms with Crippen LogP contribution in [0.2, 0.25) is 0 Å². The zero-order valence-corrected chi connectivity index (χ0v) is 21.8. The Hall–Kier alpha value is -3.12. The molecule has 6 heteroatoms. The molecule has 0 unspecified atom stereocenters. The van der Waals surface area contributed by atoms with Crippen molar-refractivity contribution in [2.24, 2.45) is 5.92 Å². The number of amides is 1. The van der Waals surface area contributed by atoms with E-state index in [1.807, 2.05) is 43.4 Å². The predicted octanol–water partition coefficient (Wildman–Crippen LogP) is 5.33. The van der Waals surface area contributed by atoms with E-state index < -0.39 is 0 Å². The maximum absolute atomic E-state index is 13.6. The van der Waals surface area contributed by atoms with Gasteiger partial charge in [-0.3, -0.25) is 9.78 Å². The van der Waals surface area contributed by atoms with Crippen molar-refractivity contribution in [1.29, 1.82) is 0 Å². The lowest BCUT2D eigenvalue weighted by atomic mass is 9.82. The normalized spacial score (nSPS) is 19.9. The van der Waals surface area contributed by atoms with E-state index in [-0.39, 0.29) is 24.0 Å². The van der Waals surface area contributed by atoms with Crippen LogP contribution in [-0.4, -0.2) is 47.5 Å². The third-order valence-corrected chi connectivity index (χ3v) is 7.86. The first kappa shape index (κ1) is 26.0. The Kier molecular flexibility index (Phi) is 8.81. The lowest BCUT2D eigenvalue weighted by Crippen LogP contribution is -2.49. The van der Waals surface area contributed by atoms with E-state index in [9.17, 15) is 4.79 Å². The van der Waals surface area contributed by atoms with Crippen LogP contribution in [0.15, 0.2) is 73.3 Å². The van der Waals surface area contributed by atoms with Crippen molar-refractivity contribution in [1.82, 2.24) is 20.5 Å². The number of nitrogens with zero attached hydrogens (tertiary/aromatic N) is 2. The highest BCUT2D eigenvalue weighted by molar-refractivity contribution is 5.98. The fourth-order valence-corrected chi connectivity index (χ4v) is 5.58. The summed E-state index contributed by atoms with van der Waals surface area (Å²) in [5.74, 6) is 0.503. The number of likely N-dealkylation sites (tertiary alicyclic amines) is 1. The molecule has 2 aromatic rings. The molecule has 2 fully saturated rings. The van der Waals surface area contributed by atoms with E-state index in [2.05, 4.69) is 45.9 Å². The predicted molar refractivity (Wildman–Crippen MR) is 148 cm³/mol. The molecule has 6 nitrogen and oxygen atoms in total. The van der Waals surface area contributed by atoms with Gasteiger partial charge >= 0.3 is 0 Å². The molecule has 2 heterocycles. The molecule has 1 amide bonds. The summed E-state index contributed by atoms with van der Waals surface area (Å²) in [5.41, 5.74) is 4.75. The minimum absolute atomic E-state index is 0.00337. The number of benzene rings is 1. The largest absolute Gasteiger partial charge is 0.379 e. The monoisotopic (exact) mass is 487 g/mol. The van der Waals surface area contributed by atoms with E-state index in [0.29, 0.717) is 5.92 Å². The SMILES string of the molecule is C=C(N[C@H](C(=C)N1CCC[C@H]1C(=O)Nc1cnccc1-c1ccccc1)C1CCCCC1)[C@H](C)NC. The van der Waals surface area contributed by atoms with E-state index in [4.69, 9.17) is 0 Å². The second-order valence-electron chi connectivity index (χ2n) is 10.2. The first-order valence-corrected chi connectivity index (χ1v) is 13.4. The second-order valence-corrected chi connectivity index (χ2v) is 10.2. The molecule has 1 aliphatic heterocycles. The standard InChI is InChI=1S/C30H41N5O/c1-21(31-4)22(2)33-29(25-14-9-6-10-15-25)23(3)35-19-11-16-28(35)30(36)34-27-20-32-18-17-26(27)24-12-7-5-8-13-24/h5,7-8,12-13,17-18,20-21,25,28-29,31,33H,2-3,6,9-11,14-16,19H2,1,4H3,(H,34,36)/t21-,28-,29+/m0/s1. The fraction of sp³-hybridized carbons (Fsp3) is 0.467. The molecule has 1 saturated heterocycles. The quantitative estimate of drug-likeness (QED) is 0.423. The molecule has 0 spiro atoms. The number of aromatic nitrogens is 1. The van der Waals surface area contributed by atoms with Crippen molar-refractivity contribution in [3.8, 4) is 11.1 Å². The summed E-state index contributed by atoms with van der Waals surface area (Å²) in [7, 11) is 1.95. The Labute approximate surface area is 216 Å². The van der Waals surface area contributed by atoms with Crippen LogP contribution in [0.1, 0.15) is 51.9 Å². The summed E-state index contributed by atoms with van der Waals surface area (Å²) in [5, 5.41) is 10.2. The van der Waals surface area contributed by atoms with Gasteiger partial charge in [0.15, 0.2) is 0 Å². The zero-order valence-electron chi connectivity index (χ0n) is 21.8. The van der Waals surface area contributed by atoms with Gasteiger partial charge < -0.3 is 20.9 Å². The molecule has 1 saturated carbocycles. The number of carbonyl (C=O) groups is 1. The molecule has 1 aromatic carbocycles. The number of hydrogen-bond donors (Lipinski definition) is 3. The Morgan fingerprint density at radius 3 is 2.53 bits per heavy atom. The van der Waals surface area contributed by atoms with Gasteiger partial charge in [0.25, 0.3) is 0 Å². The molecule has 2 aliphatic rings. The molecule has 0 bridgehead atoms. The Morgan fingerprint density at radius 2 is 1.81 bits per heavy atom. The minimum Gasteiger partial charge on any atom is -0.379 e. The first-order valence-electron chi connectivity index (χ1n) is 13.4. The average Bonchev–Trinajstić information content (AvgIpc) is 3.42. The van der Waals surface area contributed by atoms with Crippen LogP contribution in [0.3, 0.4) is 0 Å². The second kappa shape index (κ2) is 12.2. The van der Waals surface area contributed by atoms with Gasteiger partial charge in [-0.1, -0.05) is 62.8 Å². The highest BCUT2D eigenvalue weighted by atomic mass is 16.2. The summed E-state index contributed by atoms with van der Waals surface area (Å²) >= 11 is 0. The molecule has 1 aliphatic carbocycles. The van der Waals surface area contributed by atoms with Gasteiger partial charge in [0, 0.05) is 35.7 Å². The summed E-state index contributed by atoms with van der Waals surface area (Å²) in [6.45, 7) is 11.8. The molecular formula is C30H41N5O. The summed E-state index contributed by atoms with van der Waals surface area (Å²) in [6, 6.07) is 12.0. The van der Waals surface area contributed by atoms with Gasteiger partial charge in [0.05, 0.1) is 17.9 Å². The highest BCUT2D eigenvalue weighted by Gasteiger charge is 2.37. The fourth-order valence-electron chi connectivity index (χ4n) is 5.58. The van der Waals surface area contributed by atoms with Crippen molar-refractivity contribution >= 4 is 11.6 Å². The molecule has 3 atom stereocenters. The van der Waals surface area contributed by atoms with Gasteiger partial charge in [-0.2, -0.15) is 0 Å². The number of likely N-dealkylation sites (N-methyl/N-ethyl adjacent to an activating group) is 1. The highest BCUT2D eigenvalue weighted by Crippen LogP contribution is 2.34. The summed E-state index contributed by atoms with van der Waals surface area (Å²) in [4.78, 5) is 20.1. The Balaban J connectivity index is 1.52. The van der Waals surface area contributed by atoms with Crippen molar-refractivity contribution in [3.05, 3.63) is 73.3 Å². The van der Waals surface area contributed by atoms with Crippen molar-refractivity contribution in [3.63, 3.8) is 0 Å². The molecule has 0 radical (unpaired) electrons. The van der Waals surface area contributed by atoms with Crippen LogP contribution in [0, 0.1) is 5.92 Å². The lowest BCUT2D eigenvalue weighted by Gasteiger charge is -2.39. The molecular weight excluding hydrogens is 446 g/mol. The van der Waals surface area contributed by atoms with Crippen LogP contribution < -0.4 is 16.0 Å². The molecule has 4 rings (SSSR count). The molecule has 3 N–H and O–H groups in total. The zero-order chi connectivity index (χ0) is 25.5. The van der Waals surface area contributed by atoms with Crippen LogP contribution in [0.5, 0.6) is 0 Å². The number of pyridine rings is 1. The lowest BCUT2D eigenvalue weighted by molar-refractivity contribution is -0.119. The number of rotatable bonds is 10. The van der Waals surface area contributed by atoms with E-state index >= 15 is 0 Å². The van der Waals surface area contributed by atoms with Crippen LogP contribution in [-0.2, 0) is 4.79 Å². The van der Waals surface area contributed by atoms with Gasteiger partial charge in [-0.05, 0) is 57.2 Å². The molecule has 192 valence electrons. The van der Waals surface area contributed by atoms with Gasteiger partial charge in [-0.15, -0.1) is 0 Å². The topological polar surface area (TPSA) is 69.3 Å². The van der Waals surface area contributed by atoms with Crippen molar-refractivity contribution in [2.45, 2.75) is 70.0 Å². The summed E-state index contributed by atoms with van der Waals surface area (Å²) < 4.78 is 0. The number of nitrogens with one attached hydrogen (secondary N) is 3. The Morgan fingerprint density at radius 1 is 1.06 bits per heavy atom. The minimum atomic E-state index is -0.246. The molecule has 36 heavy (non-hydrogen) atoms. The van der Waals surface area contributed by atoms with Gasteiger partial charge in [-0.25, -0.2) is 0 Å². The van der Waals surface area contributed by atoms with Gasteiger partial charge in [0.2, 0.25) is 5.91 Å². The average molecular weight is 488 g/mol. The number of carbonyl (C=O) groups excluding carboxylic acids is 1. The third kappa shape index (κ3) is 5.98. The van der Waals surface area contributed by atoms with E-state index in [1.54, 1.807) is 12.4 Å². The first-order chi connectivity index (χ1) is 17.5. The molecule has 1 aromatic heterocycles. The smallest absolute Gasteiger partial charge is 0.247 e. The number of anilines is 1. The van der Waals surface area contributed by atoms with E-state index in [0.717, 1.165) is 47.6 Å². The van der Waals surface area contributed by atoms with Crippen molar-refractivity contribution in [2.75, 3.05) is 18.9 Å². The number of hydrogen-bond acceptors (Lipinski definition) is 5. The maximum Gasteiger partial charge on any atom is 0.247 e. The van der Waals surface area contributed by atoms with Gasteiger partial charge in [0.1, 0.15) is 6.04 Å².